The number of carboxylic acid groups (broad SMARTS) is 1. The lowest BCUT2D eigenvalue weighted by Gasteiger charge is -2.38. The van der Waals surface area contributed by atoms with E-state index in [1.807, 2.05) is 0 Å². The second-order valence-corrected chi connectivity index (χ2v) is 4.04. The molecule has 0 heterocycles. The van der Waals surface area contributed by atoms with Crippen LogP contribution in [0.4, 0.5) is 0 Å². The first-order valence-corrected chi connectivity index (χ1v) is 5.25. The van der Waals surface area contributed by atoms with E-state index in [0.717, 1.165) is 12.1 Å². The van der Waals surface area contributed by atoms with Gasteiger partial charge in [0.1, 0.15) is 0 Å². The third kappa shape index (κ3) is 2.57. The molecule has 0 aliphatic heterocycles. The van der Waals surface area contributed by atoms with Crippen molar-refractivity contribution in [3.63, 3.8) is 0 Å². The summed E-state index contributed by atoms with van der Waals surface area (Å²) in [4.78, 5) is 52.8. The number of aromatic carboxylic acids is 1. The van der Waals surface area contributed by atoms with Crippen molar-refractivity contribution in [1.82, 2.24) is 0 Å². The van der Waals surface area contributed by atoms with Gasteiger partial charge in [-0.1, -0.05) is 26.1 Å². The molecule has 1 rings (SSSR count). The first-order chi connectivity index (χ1) is 6.84. The summed E-state index contributed by atoms with van der Waals surface area (Å²) in [5, 5.41) is 10.5. The van der Waals surface area contributed by atoms with Gasteiger partial charge in [-0.3, -0.25) is 0 Å². The van der Waals surface area contributed by atoms with Crippen LogP contribution in [0, 0.1) is 0 Å². The van der Waals surface area contributed by atoms with Crippen LogP contribution in [0.5, 0.6) is 0 Å². The van der Waals surface area contributed by atoms with E-state index in [4.69, 9.17) is 0 Å². The SMILES string of the molecule is O=C([O-])c1ccccc1C(=O)[P+]([O-])([O-])[O-]. The van der Waals surface area contributed by atoms with Crippen LogP contribution in [-0.2, 0) is 0 Å². The van der Waals surface area contributed by atoms with Crippen molar-refractivity contribution in [1.29, 1.82) is 0 Å². The molecule has 0 saturated carbocycles. The Labute approximate surface area is 85.0 Å². The summed E-state index contributed by atoms with van der Waals surface area (Å²) in [6, 6.07) is 4.45. The summed E-state index contributed by atoms with van der Waals surface area (Å²) in [6.45, 7) is 0. The summed E-state index contributed by atoms with van der Waals surface area (Å²) in [5.41, 5.74) is -3.04. The molecule has 0 amide bonds. The van der Waals surface area contributed by atoms with E-state index in [1.165, 1.54) is 12.1 Å². The van der Waals surface area contributed by atoms with Crippen molar-refractivity contribution in [2.45, 2.75) is 0 Å². The maximum absolute atomic E-state index is 11.0. The second-order valence-electron chi connectivity index (χ2n) is 2.64. The molecule has 0 unspecified atom stereocenters. The Bertz CT molecular complexity index is 408. The molecule has 0 fully saturated rings. The van der Waals surface area contributed by atoms with Crippen LogP contribution >= 0.6 is 7.94 Å². The standard InChI is InChI=1S/C8H7O6P/c9-7(10)5-3-1-2-4-6(5)8(11)15(12,13)14/h1-4H,(H,9,10)(H2,12,13,14)/p-3. The maximum Gasteiger partial charge on any atom is 0.281 e. The maximum atomic E-state index is 11.0. The predicted octanol–water partition coefficient (Wildman–Crippen LogP) is -2.97. The van der Waals surface area contributed by atoms with Crippen LogP contribution in [0.2, 0.25) is 0 Å². The van der Waals surface area contributed by atoms with E-state index in [9.17, 15) is 29.4 Å². The lowest BCUT2D eigenvalue weighted by molar-refractivity contribution is -0.420. The van der Waals surface area contributed by atoms with Crippen molar-refractivity contribution >= 4 is 19.4 Å². The lowest BCUT2D eigenvalue weighted by atomic mass is 10.1. The molecule has 0 aromatic heterocycles. The zero-order valence-electron chi connectivity index (χ0n) is 7.21. The number of hydrogen-bond donors (Lipinski definition) is 0. The molecule has 0 aliphatic carbocycles. The third-order valence-corrected chi connectivity index (χ3v) is 2.36. The van der Waals surface area contributed by atoms with Crippen LogP contribution < -0.4 is 19.8 Å². The molecular weight excluding hydrogens is 223 g/mol. The van der Waals surface area contributed by atoms with E-state index < -0.39 is 30.6 Å². The molecule has 0 aliphatic rings. The van der Waals surface area contributed by atoms with Crippen molar-refractivity contribution in [2.24, 2.45) is 0 Å². The van der Waals surface area contributed by atoms with E-state index in [2.05, 4.69) is 0 Å². The smallest absolute Gasteiger partial charge is 0.281 e. The highest BCUT2D eigenvalue weighted by Crippen LogP contribution is 2.34. The van der Waals surface area contributed by atoms with Gasteiger partial charge in [-0.2, -0.15) is 0 Å². The Morgan fingerprint density at radius 2 is 1.47 bits per heavy atom. The van der Waals surface area contributed by atoms with Crippen LogP contribution in [0.3, 0.4) is 0 Å². The fourth-order valence-electron chi connectivity index (χ4n) is 0.995. The van der Waals surface area contributed by atoms with E-state index in [-0.39, 0.29) is 0 Å². The second kappa shape index (κ2) is 4.04. The largest absolute Gasteiger partial charge is 0.681 e. The monoisotopic (exact) mass is 227 g/mol. The first kappa shape index (κ1) is 11.7. The number of carboxylic acids is 1. The summed E-state index contributed by atoms with van der Waals surface area (Å²) in [5.74, 6) is -1.72. The van der Waals surface area contributed by atoms with Gasteiger partial charge < -0.3 is 24.6 Å². The van der Waals surface area contributed by atoms with Gasteiger partial charge >= 0.3 is 0 Å². The zero-order chi connectivity index (χ0) is 11.6. The lowest BCUT2D eigenvalue weighted by Crippen LogP contribution is -2.39. The molecule has 6 nitrogen and oxygen atoms in total. The quantitative estimate of drug-likeness (QED) is 0.507. The van der Waals surface area contributed by atoms with Crippen LogP contribution in [-0.4, -0.2) is 11.5 Å². The third-order valence-electron chi connectivity index (χ3n) is 1.63. The average Bonchev–Trinajstić information content (AvgIpc) is 2.15. The molecule has 0 atom stereocenters. The van der Waals surface area contributed by atoms with Crippen LogP contribution in [0.25, 0.3) is 0 Å². The number of carbonyl (C=O) groups is 2. The van der Waals surface area contributed by atoms with Crippen LogP contribution in [0.15, 0.2) is 24.3 Å². The minimum Gasteiger partial charge on any atom is -0.681 e. The highest BCUT2D eigenvalue weighted by molar-refractivity contribution is 7.73. The van der Waals surface area contributed by atoms with E-state index in [0.29, 0.717) is 0 Å². The fraction of sp³-hybridized carbons (Fsp3) is 0. The number of rotatable bonds is 3. The first-order valence-electron chi connectivity index (χ1n) is 3.71. The van der Waals surface area contributed by atoms with Crippen molar-refractivity contribution in [2.75, 3.05) is 0 Å². The average molecular weight is 227 g/mol. The minimum atomic E-state index is -5.48. The predicted molar refractivity (Wildman–Crippen MR) is 42.0 cm³/mol. The molecule has 0 radical (unpaired) electrons. The Morgan fingerprint density at radius 1 is 1.00 bits per heavy atom. The molecule has 80 valence electrons. The van der Waals surface area contributed by atoms with Gasteiger partial charge in [0.15, 0.2) is 0 Å². The Morgan fingerprint density at radius 3 is 1.87 bits per heavy atom. The van der Waals surface area contributed by atoms with E-state index >= 15 is 0 Å². The number of hydrogen-bond acceptors (Lipinski definition) is 6. The molecule has 7 heteroatoms. The Kier molecular flexibility index (Phi) is 3.16. The van der Waals surface area contributed by atoms with Gasteiger partial charge in [-0.15, -0.1) is 0 Å². The normalized spacial score (nSPS) is 11.1. The van der Waals surface area contributed by atoms with Gasteiger partial charge in [0.2, 0.25) is 0 Å². The molecule has 0 bridgehead atoms. The van der Waals surface area contributed by atoms with E-state index in [1.54, 1.807) is 0 Å². The molecule has 0 N–H and O–H groups in total. The Balaban J connectivity index is 3.26. The van der Waals surface area contributed by atoms with Gasteiger partial charge in [-0.25, -0.2) is 4.79 Å². The van der Waals surface area contributed by atoms with Crippen molar-refractivity contribution < 1.29 is 29.4 Å². The topological polar surface area (TPSA) is 126 Å². The minimum absolute atomic E-state index is 0.616. The molecule has 1 aromatic carbocycles. The summed E-state index contributed by atoms with van der Waals surface area (Å²) in [6.07, 6.45) is 0. The highest BCUT2D eigenvalue weighted by atomic mass is 31.2. The van der Waals surface area contributed by atoms with Gasteiger partial charge in [-0.05, 0) is 6.07 Å². The molecular formula is C8H4O6P-3. The van der Waals surface area contributed by atoms with Gasteiger partial charge in [0.25, 0.3) is 5.52 Å². The summed E-state index contributed by atoms with van der Waals surface area (Å²) < 4.78 is 0. The fourth-order valence-corrected chi connectivity index (χ4v) is 1.49. The number of benzene rings is 1. The highest BCUT2D eigenvalue weighted by Gasteiger charge is 2.19. The molecule has 0 spiro atoms. The zero-order valence-corrected chi connectivity index (χ0v) is 8.10. The summed E-state index contributed by atoms with van der Waals surface area (Å²) >= 11 is 0. The van der Waals surface area contributed by atoms with Crippen molar-refractivity contribution in [3.05, 3.63) is 35.4 Å². The molecule has 15 heavy (non-hydrogen) atoms. The van der Waals surface area contributed by atoms with Crippen molar-refractivity contribution in [3.8, 4) is 0 Å². The Hall–Kier alpha value is -1.33. The molecule has 0 saturated heterocycles. The van der Waals surface area contributed by atoms with Crippen LogP contribution in [0.1, 0.15) is 20.7 Å². The molecule has 1 aromatic rings. The van der Waals surface area contributed by atoms with Gasteiger partial charge in [0, 0.05) is 5.56 Å². The van der Waals surface area contributed by atoms with Gasteiger partial charge in [0.05, 0.1) is 11.5 Å². The number of carbonyl (C=O) groups excluding carboxylic acids is 2. The summed E-state index contributed by atoms with van der Waals surface area (Å²) in [7, 11) is -5.48.